The van der Waals surface area contributed by atoms with Crippen LogP contribution in [0.5, 0.6) is 0 Å². The van der Waals surface area contributed by atoms with E-state index in [4.69, 9.17) is 4.42 Å². The van der Waals surface area contributed by atoms with Gasteiger partial charge in [0.2, 0.25) is 5.89 Å². The quantitative estimate of drug-likeness (QED) is 0.797. The smallest absolute Gasteiger partial charge is 0.229 e. The molecule has 0 aromatic carbocycles. The molecule has 0 saturated heterocycles. The average molecular weight is 219 g/mol. The predicted molar refractivity (Wildman–Crippen MR) is 62.2 cm³/mol. The summed E-state index contributed by atoms with van der Waals surface area (Å²) in [5, 5.41) is 4.44. The Kier molecular flexibility index (Phi) is 2.81. The molecule has 0 bridgehead atoms. The van der Waals surface area contributed by atoms with Crippen LogP contribution in [-0.4, -0.2) is 14.8 Å². The Morgan fingerprint density at radius 2 is 2.19 bits per heavy atom. The van der Waals surface area contributed by atoms with Gasteiger partial charge >= 0.3 is 0 Å². The van der Waals surface area contributed by atoms with E-state index in [1.807, 2.05) is 13.2 Å². The second-order valence-electron chi connectivity index (χ2n) is 4.24. The van der Waals surface area contributed by atoms with Gasteiger partial charge in [-0.3, -0.25) is 4.68 Å². The van der Waals surface area contributed by atoms with Crippen molar-refractivity contribution in [1.82, 2.24) is 14.8 Å². The molecule has 86 valence electrons. The summed E-state index contributed by atoms with van der Waals surface area (Å²) in [7, 11) is 1.92. The zero-order valence-electron chi connectivity index (χ0n) is 10.2. The van der Waals surface area contributed by atoms with E-state index in [-0.39, 0.29) is 0 Å². The standard InChI is InChI=1S/C12H17N3O/c1-5-9-6-13-12(16-9)10-7-15(4)14-11(10)8(2)3/h6-8H,5H2,1-4H3. The molecular formula is C12H17N3O. The third-order valence-electron chi connectivity index (χ3n) is 2.54. The van der Waals surface area contributed by atoms with Crippen LogP contribution in [0.4, 0.5) is 0 Å². The van der Waals surface area contributed by atoms with E-state index in [1.165, 1.54) is 0 Å². The van der Waals surface area contributed by atoms with Gasteiger partial charge in [0.1, 0.15) is 5.76 Å². The molecule has 0 spiro atoms. The Labute approximate surface area is 95.3 Å². The molecule has 2 aromatic rings. The SMILES string of the molecule is CCc1cnc(-c2cn(C)nc2C(C)C)o1. The molecule has 0 radical (unpaired) electrons. The minimum Gasteiger partial charge on any atom is -0.441 e. The summed E-state index contributed by atoms with van der Waals surface area (Å²) in [6.07, 6.45) is 4.61. The Morgan fingerprint density at radius 1 is 1.44 bits per heavy atom. The number of aromatic nitrogens is 3. The van der Waals surface area contributed by atoms with Crippen molar-refractivity contribution in [1.29, 1.82) is 0 Å². The van der Waals surface area contributed by atoms with Crippen molar-refractivity contribution >= 4 is 0 Å². The van der Waals surface area contributed by atoms with Crippen molar-refractivity contribution in [2.45, 2.75) is 33.1 Å². The average Bonchev–Trinajstić information content (AvgIpc) is 2.82. The van der Waals surface area contributed by atoms with E-state index in [9.17, 15) is 0 Å². The summed E-state index contributed by atoms with van der Waals surface area (Å²) in [4.78, 5) is 4.29. The van der Waals surface area contributed by atoms with Crippen LogP contribution in [0.25, 0.3) is 11.5 Å². The highest BCUT2D eigenvalue weighted by Crippen LogP contribution is 2.27. The third-order valence-corrected chi connectivity index (χ3v) is 2.54. The fraction of sp³-hybridized carbons (Fsp3) is 0.500. The van der Waals surface area contributed by atoms with Crippen LogP contribution >= 0.6 is 0 Å². The molecule has 0 saturated carbocycles. The summed E-state index contributed by atoms with van der Waals surface area (Å²) in [6, 6.07) is 0. The van der Waals surface area contributed by atoms with Gasteiger partial charge in [0.25, 0.3) is 0 Å². The molecule has 2 aromatic heterocycles. The molecule has 0 atom stereocenters. The van der Waals surface area contributed by atoms with Crippen molar-refractivity contribution in [3.63, 3.8) is 0 Å². The number of aryl methyl sites for hydroxylation is 2. The first-order valence-corrected chi connectivity index (χ1v) is 5.60. The van der Waals surface area contributed by atoms with Crippen molar-refractivity contribution in [2.24, 2.45) is 7.05 Å². The molecule has 0 N–H and O–H groups in total. The number of hydrogen-bond acceptors (Lipinski definition) is 3. The van der Waals surface area contributed by atoms with Gasteiger partial charge in [-0.15, -0.1) is 0 Å². The van der Waals surface area contributed by atoms with E-state index in [0.29, 0.717) is 11.8 Å². The molecule has 4 heteroatoms. The number of rotatable bonds is 3. The third kappa shape index (κ3) is 1.87. The molecule has 0 fully saturated rings. The van der Waals surface area contributed by atoms with Gasteiger partial charge in [-0.2, -0.15) is 5.10 Å². The number of hydrogen-bond donors (Lipinski definition) is 0. The maximum absolute atomic E-state index is 5.66. The zero-order valence-corrected chi connectivity index (χ0v) is 10.2. The lowest BCUT2D eigenvalue weighted by Crippen LogP contribution is -1.93. The molecule has 4 nitrogen and oxygen atoms in total. The number of oxazole rings is 1. The second kappa shape index (κ2) is 4.12. The second-order valence-corrected chi connectivity index (χ2v) is 4.24. The van der Waals surface area contributed by atoms with Gasteiger partial charge in [-0.25, -0.2) is 4.98 Å². The molecule has 0 amide bonds. The summed E-state index contributed by atoms with van der Waals surface area (Å²) in [6.45, 7) is 6.29. The van der Waals surface area contributed by atoms with E-state index in [1.54, 1.807) is 10.9 Å². The minimum atomic E-state index is 0.369. The molecule has 0 aliphatic heterocycles. The first-order chi connectivity index (χ1) is 7.61. The first-order valence-electron chi connectivity index (χ1n) is 5.60. The highest BCUT2D eigenvalue weighted by molar-refractivity contribution is 5.56. The highest BCUT2D eigenvalue weighted by Gasteiger charge is 2.17. The summed E-state index contributed by atoms with van der Waals surface area (Å²) < 4.78 is 7.46. The molecule has 0 unspecified atom stereocenters. The van der Waals surface area contributed by atoms with Gasteiger partial charge < -0.3 is 4.42 Å². The van der Waals surface area contributed by atoms with Gasteiger partial charge in [0.05, 0.1) is 17.5 Å². The summed E-state index contributed by atoms with van der Waals surface area (Å²) >= 11 is 0. The van der Waals surface area contributed by atoms with Gasteiger partial charge in [0, 0.05) is 19.7 Å². The van der Waals surface area contributed by atoms with Gasteiger partial charge in [-0.1, -0.05) is 20.8 Å². The van der Waals surface area contributed by atoms with Crippen LogP contribution < -0.4 is 0 Å². The number of nitrogens with zero attached hydrogens (tertiary/aromatic N) is 3. The Morgan fingerprint density at radius 3 is 2.75 bits per heavy atom. The lowest BCUT2D eigenvalue weighted by atomic mass is 10.1. The van der Waals surface area contributed by atoms with Gasteiger partial charge in [0.15, 0.2) is 0 Å². The van der Waals surface area contributed by atoms with Crippen molar-refractivity contribution in [2.75, 3.05) is 0 Å². The topological polar surface area (TPSA) is 43.9 Å². The Balaban J connectivity index is 2.46. The van der Waals surface area contributed by atoms with Crippen LogP contribution in [-0.2, 0) is 13.5 Å². The normalized spacial score (nSPS) is 11.3. The van der Waals surface area contributed by atoms with E-state index < -0.39 is 0 Å². The molecule has 16 heavy (non-hydrogen) atoms. The fourth-order valence-corrected chi connectivity index (χ4v) is 1.69. The van der Waals surface area contributed by atoms with Crippen LogP contribution in [0.2, 0.25) is 0 Å². The lowest BCUT2D eigenvalue weighted by Gasteiger charge is -2.01. The van der Waals surface area contributed by atoms with E-state index in [2.05, 4.69) is 30.9 Å². The van der Waals surface area contributed by atoms with Crippen LogP contribution in [0, 0.1) is 0 Å². The van der Waals surface area contributed by atoms with Crippen molar-refractivity contribution in [3.8, 4) is 11.5 Å². The molecule has 0 aliphatic rings. The molecule has 0 aliphatic carbocycles. The van der Waals surface area contributed by atoms with Crippen LogP contribution in [0.15, 0.2) is 16.8 Å². The van der Waals surface area contributed by atoms with Gasteiger partial charge in [-0.05, 0) is 5.92 Å². The maximum Gasteiger partial charge on any atom is 0.229 e. The minimum absolute atomic E-state index is 0.369. The fourth-order valence-electron chi connectivity index (χ4n) is 1.69. The molecular weight excluding hydrogens is 202 g/mol. The van der Waals surface area contributed by atoms with E-state index in [0.717, 1.165) is 23.4 Å². The highest BCUT2D eigenvalue weighted by atomic mass is 16.4. The van der Waals surface area contributed by atoms with Crippen molar-refractivity contribution < 1.29 is 4.42 Å². The lowest BCUT2D eigenvalue weighted by molar-refractivity contribution is 0.523. The van der Waals surface area contributed by atoms with Crippen LogP contribution in [0.3, 0.4) is 0 Å². The largest absolute Gasteiger partial charge is 0.441 e. The molecule has 2 heterocycles. The maximum atomic E-state index is 5.66. The summed E-state index contributed by atoms with van der Waals surface area (Å²) in [5.74, 6) is 1.95. The Bertz CT molecular complexity index is 482. The van der Waals surface area contributed by atoms with Crippen molar-refractivity contribution in [3.05, 3.63) is 23.8 Å². The molecule has 2 rings (SSSR count). The monoisotopic (exact) mass is 219 g/mol. The summed E-state index contributed by atoms with van der Waals surface area (Å²) in [5.41, 5.74) is 2.03. The van der Waals surface area contributed by atoms with Crippen LogP contribution in [0.1, 0.15) is 38.1 Å². The zero-order chi connectivity index (χ0) is 11.7. The first kappa shape index (κ1) is 10.9. The predicted octanol–water partition coefficient (Wildman–Crippen LogP) is 2.76. The Hall–Kier alpha value is -1.58. The van der Waals surface area contributed by atoms with E-state index >= 15 is 0 Å².